The summed E-state index contributed by atoms with van der Waals surface area (Å²) in [4.78, 5) is 1.46. The Labute approximate surface area is 60.5 Å². The lowest BCUT2D eigenvalue weighted by Gasteiger charge is -2.01. The third-order valence-corrected chi connectivity index (χ3v) is 2.57. The van der Waals surface area contributed by atoms with E-state index in [1.165, 1.54) is 4.88 Å². The minimum absolute atomic E-state index is 0.630. The predicted octanol–water partition coefficient (Wildman–Crippen LogP) is 3.08. The highest BCUT2D eigenvalue weighted by atomic mass is 32.1. The van der Waals surface area contributed by atoms with Crippen molar-refractivity contribution in [2.45, 2.75) is 19.8 Å². The van der Waals surface area contributed by atoms with Crippen LogP contribution in [0.15, 0.2) is 17.5 Å². The molecule has 1 rings (SSSR count). The Morgan fingerprint density at radius 2 is 2.44 bits per heavy atom. The highest BCUT2D eigenvalue weighted by molar-refractivity contribution is 7.10. The van der Waals surface area contributed by atoms with Crippen molar-refractivity contribution in [2.75, 3.05) is 0 Å². The van der Waals surface area contributed by atoms with Crippen molar-refractivity contribution >= 4 is 11.3 Å². The largest absolute Gasteiger partial charge is 0.149 e. The fourth-order valence-electron chi connectivity index (χ4n) is 0.715. The average Bonchev–Trinajstić information content (AvgIpc) is 2.37. The van der Waals surface area contributed by atoms with Crippen molar-refractivity contribution in [1.82, 2.24) is 0 Å². The predicted molar refractivity (Wildman–Crippen MR) is 42.7 cm³/mol. The molecular formula is C8H11S. The van der Waals surface area contributed by atoms with Crippen LogP contribution in [0.5, 0.6) is 0 Å². The minimum atomic E-state index is 0.630. The van der Waals surface area contributed by atoms with E-state index >= 15 is 0 Å². The second kappa shape index (κ2) is 3.02. The Kier molecular flexibility index (Phi) is 2.29. The van der Waals surface area contributed by atoms with E-state index < -0.39 is 0 Å². The van der Waals surface area contributed by atoms with E-state index in [1.807, 2.05) is 11.3 Å². The first-order valence-electron chi connectivity index (χ1n) is 3.17. The molecule has 49 valence electrons. The maximum atomic E-state index is 2.21. The van der Waals surface area contributed by atoms with Crippen LogP contribution in [-0.4, -0.2) is 0 Å². The van der Waals surface area contributed by atoms with Crippen molar-refractivity contribution in [2.24, 2.45) is 0 Å². The van der Waals surface area contributed by atoms with E-state index in [1.54, 1.807) is 0 Å². The zero-order valence-corrected chi connectivity index (χ0v) is 6.61. The van der Waals surface area contributed by atoms with Gasteiger partial charge in [0.25, 0.3) is 0 Å². The van der Waals surface area contributed by atoms with Gasteiger partial charge in [0, 0.05) is 4.88 Å². The van der Waals surface area contributed by atoms with Crippen LogP contribution in [0.3, 0.4) is 0 Å². The van der Waals surface area contributed by atoms with Gasteiger partial charge in [-0.2, -0.15) is 0 Å². The van der Waals surface area contributed by atoms with Crippen LogP contribution >= 0.6 is 11.3 Å². The van der Waals surface area contributed by atoms with Crippen molar-refractivity contribution in [3.05, 3.63) is 28.8 Å². The van der Waals surface area contributed by atoms with Gasteiger partial charge in [-0.3, -0.25) is 0 Å². The molecule has 0 nitrogen and oxygen atoms in total. The molecule has 1 atom stereocenters. The van der Waals surface area contributed by atoms with Gasteiger partial charge in [0.1, 0.15) is 0 Å². The molecule has 0 aliphatic rings. The minimum Gasteiger partial charge on any atom is -0.149 e. The summed E-state index contributed by atoms with van der Waals surface area (Å²) >= 11 is 1.82. The quantitative estimate of drug-likeness (QED) is 0.590. The summed E-state index contributed by atoms with van der Waals surface area (Å²) in [5.74, 6) is 0.630. The van der Waals surface area contributed by atoms with Gasteiger partial charge >= 0.3 is 0 Å². The Hall–Kier alpha value is -0.300. The molecule has 0 aliphatic heterocycles. The first kappa shape index (κ1) is 6.81. The summed E-state index contributed by atoms with van der Waals surface area (Å²) in [5, 5.41) is 2.12. The van der Waals surface area contributed by atoms with Crippen LogP contribution in [-0.2, 0) is 0 Å². The van der Waals surface area contributed by atoms with Gasteiger partial charge in [-0.15, -0.1) is 11.3 Å². The van der Waals surface area contributed by atoms with E-state index in [-0.39, 0.29) is 0 Å². The Morgan fingerprint density at radius 1 is 1.67 bits per heavy atom. The molecule has 0 fully saturated rings. The van der Waals surface area contributed by atoms with Gasteiger partial charge < -0.3 is 0 Å². The normalized spacial score (nSPS) is 13.6. The highest BCUT2D eigenvalue weighted by Gasteiger charge is 2.01. The molecule has 0 N–H and O–H groups in total. The summed E-state index contributed by atoms with van der Waals surface area (Å²) in [6, 6.07) is 4.27. The second-order valence-electron chi connectivity index (χ2n) is 2.14. The summed E-state index contributed by atoms with van der Waals surface area (Å²) in [6.07, 6.45) is 2.21. The lowest BCUT2D eigenvalue weighted by atomic mass is 10.1. The maximum absolute atomic E-state index is 2.21. The van der Waals surface area contributed by atoms with Gasteiger partial charge in [-0.1, -0.05) is 19.9 Å². The Balaban J connectivity index is 2.65. The van der Waals surface area contributed by atoms with Crippen molar-refractivity contribution in [3.8, 4) is 0 Å². The first-order chi connectivity index (χ1) is 4.34. The van der Waals surface area contributed by atoms with E-state index in [0.29, 0.717) is 5.92 Å². The average molecular weight is 139 g/mol. The standard InChI is InChI=1S/C8H11S/c1-3-7(2)8-5-4-6-9-8/h3-7H,1-2H3. The number of rotatable bonds is 2. The summed E-state index contributed by atoms with van der Waals surface area (Å²) in [6.45, 7) is 4.32. The topological polar surface area (TPSA) is 0 Å². The SMILES string of the molecule is C[CH]C(C)c1cccs1. The van der Waals surface area contributed by atoms with E-state index in [0.717, 1.165) is 0 Å². The molecule has 0 saturated carbocycles. The molecule has 0 spiro atoms. The third-order valence-electron chi connectivity index (χ3n) is 1.49. The van der Waals surface area contributed by atoms with E-state index in [2.05, 4.69) is 37.8 Å². The van der Waals surface area contributed by atoms with Crippen LogP contribution in [0.4, 0.5) is 0 Å². The lowest BCUT2D eigenvalue weighted by molar-refractivity contribution is 0.910. The van der Waals surface area contributed by atoms with Crippen molar-refractivity contribution in [3.63, 3.8) is 0 Å². The van der Waals surface area contributed by atoms with Crippen LogP contribution in [0.2, 0.25) is 0 Å². The molecule has 1 radical (unpaired) electrons. The highest BCUT2D eigenvalue weighted by Crippen LogP contribution is 2.21. The van der Waals surface area contributed by atoms with Gasteiger partial charge in [-0.05, 0) is 23.8 Å². The molecule has 9 heavy (non-hydrogen) atoms. The molecule has 0 saturated heterocycles. The fraction of sp³-hybridized carbons (Fsp3) is 0.375. The molecule has 0 aromatic carbocycles. The third kappa shape index (κ3) is 1.55. The van der Waals surface area contributed by atoms with Crippen LogP contribution in [0.25, 0.3) is 0 Å². The second-order valence-corrected chi connectivity index (χ2v) is 3.12. The number of hydrogen-bond acceptors (Lipinski definition) is 1. The molecule has 1 aromatic rings. The molecular weight excluding hydrogens is 128 g/mol. The van der Waals surface area contributed by atoms with Gasteiger partial charge in [-0.25, -0.2) is 0 Å². The zero-order valence-electron chi connectivity index (χ0n) is 5.79. The van der Waals surface area contributed by atoms with Gasteiger partial charge in [0.15, 0.2) is 0 Å². The summed E-state index contributed by atoms with van der Waals surface area (Å²) < 4.78 is 0. The molecule has 1 unspecified atom stereocenters. The van der Waals surface area contributed by atoms with Crippen LogP contribution in [0.1, 0.15) is 24.6 Å². The molecule has 0 bridgehead atoms. The number of thiophene rings is 1. The Bertz CT molecular complexity index is 153. The molecule has 1 heteroatoms. The van der Waals surface area contributed by atoms with Crippen molar-refractivity contribution in [1.29, 1.82) is 0 Å². The maximum Gasteiger partial charge on any atom is 0.00761 e. The van der Waals surface area contributed by atoms with E-state index in [9.17, 15) is 0 Å². The summed E-state index contributed by atoms with van der Waals surface area (Å²) in [7, 11) is 0. The van der Waals surface area contributed by atoms with Crippen molar-refractivity contribution < 1.29 is 0 Å². The molecule has 0 amide bonds. The van der Waals surface area contributed by atoms with Crippen LogP contribution in [0, 0.1) is 6.42 Å². The zero-order chi connectivity index (χ0) is 6.69. The van der Waals surface area contributed by atoms with Gasteiger partial charge in [0.05, 0.1) is 0 Å². The first-order valence-corrected chi connectivity index (χ1v) is 4.05. The van der Waals surface area contributed by atoms with E-state index in [4.69, 9.17) is 0 Å². The number of hydrogen-bond donors (Lipinski definition) is 0. The smallest absolute Gasteiger partial charge is 0.00761 e. The fourth-order valence-corrected chi connectivity index (χ4v) is 1.54. The monoisotopic (exact) mass is 139 g/mol. The molecule has 1 aromatic heterocycles. The lowest BCUT2D eigenvalue weighted by Crippen LogP contribution is -1.85. The molecule has 0 aliphatic carbocycles. The van der Waals surface area contributed by atoms with Crippen LogP contribution < -0.4 is 0 Å². The summed E-state index contributed by atoms with van der Waals surface area (Å²) in [5.41, 5.74) is 0. The van der Waals surface area contributed by atoms with Gasteiger partial charge in [0.2, 0.25) is 0 Å². The Morgan fingerprint density at radius 3 is 2.89 bits per heavy atom. The molecule has 1 heterocycles.